The molecule has 0 aliphatic carbocycles. The fourth-order valence-corrected chi connectivity index (χ4v) is 2.69. The molecule has 0 saturated heterocycles. The van der Waals surface area contributed by atoms with Gasteiger partial charge in [0.1, 0.15) is 10.8 Å². The minimum atomic E-state index is -0.289. The first-order valence-electron chi connectivity index (χ1n) is 7.73. The van der Waals surface area contributed by atoms with Crippen LogP contribution in [0.25, 0.3) is 0 Å². The van der Waals surface area contributed by atoms with Gasteiger partial charge >= 0.3 is 0 Å². The lowest BCUT2D eigenvalue weighted by atomic mass is 10.2. The molecule has 1 aromatic heterocycles. The van der Waals surface area contributed by atoms with Gasteiger partial charge in [-0.15, -0.1) is 10.2 Å². The first kappa shape index (κ1) is 18.3. The van der Waals surface area contributed by atoms with E-state index < -0.39 is 0 Å². The van der Waals surface area contributed by atoms with Crippen molar-refractivity contribution in [3.05, 3.63) is 34.8 Å². The van der Waals surface area contributed by atoms with Crippen LogP contribution >= 0.6 is 23.6 Å². The Bertz CT molecular complexity index is 700. The number of rotatable bonds is 6. The van der Waals surface area contributed by atoms with Crippen molar-refractivity contribution in [1.29, 1.82) is 0 Å². The molecule has 0 aliphatic heterocycles. The molecule has 2 aromatic rings. The van der Waals surface area contributed by atoms with E-state index in [4.69, 9.17) is 17.0 Å². The van der Waals surface area contributed by atoms with Crippen LogP contribution in [0.5, 0.6) is 5.75 Å². The smallest absolute Gasteiger partial charge is 0.257 e. The molecule has 2 rings (SSSR count). The van der Waals surface area contributed by atoms with Gasteiger partial charge in [-0.1, -0.05) is 25.2 Å². The average Bonchev–Trinajstić information content (AvgIpc) is 3.02. The number of aromatic nitrogens is 2. The number of hydrogen-bond acceptors (Lipinski definition) is 6. The van der Waals surface area contributed by atoms with E-state index in [2.05, 4.69) is 27.8 Å². The third kappa shape index (κ3) is 5.24. The fourth-order valence-electron chi connectivity index (χ4n) is 1.75. The lowest BCUT2D eigenvalue weighted by Gasteiger charge is -2.12. The van der Waals surface area contributed by atoms with E-state index in [-0.39, 0.29) is 17.1 Å². The number of carbonyl (C=O) groups excluding carboxylic acids is 1. The Morgan fingerprint density at radius 1 is 1.29 bits per heavy atom. The van der Waals surface area contributed by atoms with Gasteiger partial charge in [-0.3, -0.25) is 10.1 Å². The van der Waals surface area contributed by atoms with Crippen LogP contribution in [-0.2, 0) is 6.42 Å². The summed E-state index contributed by atoms with van der Waals surface area (Å²) >= 11 is 6.53. The van der Waals surface area contributed by atoms with Gasteiger partial charge in [-0.05, 0) is 56.2 Å². The second-order valence-corrected chi connectivity index (χ2v) is 6.59. The van der Waals surface area contributed by atoms with Crippen LogP contribution < -0.4 is 15.4 Å². The minimum Gasteiger partial charge on any atom is -0.491 e. The summed E-state index contributed by atoms with van der Waals surface area (Å²) in [6, 6.07) is 6.96. The Balaban J connectivity index is 1.90. The van der Waals surface area contributed by atoms with Gasteiger partial charge in [0.2, 0.25) is 5.13 Å². The second-order valence-electron chi connectivity index (χ2n) is 5.12. The van der Waals surface area contributed by atoms with Crippen molar-refractivity contribution >= 4 is 39.7 Å². The maximum Gasteiger partial charge on any atom is 0.257 e. The molecule has 2 N–H and O–H groups in total. The predicted molar refractivity (Wildman–Crippen MR) is 99.8 cm³/mol. The van der Waals surface area contributed by atoms with Gasteiger partial charge < -0.3 is 10.1 Å². The van der Waals surface area contributed by atoms with Crippen LogP contribution in [-0.4, -0.2) is 27.3 Å². The molecule has 1 atom stereocenters. The third-order valence-corrected chi connectivity index (χ3v) is 4.43. The highest BCUT2D eigenvalue weighted by molar-refractivity contribution is 7.80. The number of anilines is 1. The standard InChI is InChI=1S/C16H20N4O2S2/c1-4-10(3)22-12-8-6-11(7-9-12)14(21)17-15(23)18-16-20-19-13(5-2)24-16/h6-10H,4-5H2,1-3H3,(H2,17,18,20,21,23). The van der Waals surface area contributed by atoms with E-state index >= 15 is 0 Å². The number of carbonyl (C=O) groups is 1. The molecule has 6 nitrogen and oxygen atoms in total. The lowest BCUT2D eigenvalue weighted by Crippen LogP contribution is -2.34. The van der Waals surface area contributed by atoms with Crippen molar-refractivity contribution < 1.29 is 9.53 Å². The van der Waals surface area contributed by atoms with Crippen molar-refractivity contribution in [3.8, 4) is 5.75 Å². The molecule has 0 fully saturated rings. The first-order valence-corrected chi connectivity index (χ1v) is 8.95. The highest BCUT2D eigenvalue weighted by Gasteiger charge is 2.10. The Kier molecular flexibility index (Phi) is 6.62. The van der Waals surface area contributed by atoms with Crippen molar-refractivity contribution in [1.82, 2.24) is 15.5 Å². The van der Waals surface area contributed by atoms with E-state index in [1.54, 1.807) is 24.3 Å². The van der Waals surface area contributed by atoms with E-state index in [1.165, 1.54) is 11.3 Å². The van der Waals surface area contributed by atoms with Crippen molar-refractivity contribution in [2.75, 3.05) is 5.32 Å². The maximum absolute atomic E-state index is 12.2. The molecule has 1 unspecified atom stereocenters. The summed E-state index contributed by atoms with van der Waals surface area (Å²) in [5, 5.41) is 15.1. The van der Waals surface area contributed by atoms with E-state index in [0.29, 0.717) is 10.7 Å². The topological polar surface area (TPSA) is 76.1 Å². The lowest BCUT2D eigenvalue weighted by molar-refractivity contribution is 0.0977. The zero-order valence-corrected chi connectivity index (χ0v) is 15.5. The Morgan fingerprint density at radius 2 is 2.00 bits per heavy atom. The number of thiocarbonyl (C=S) groups is 1. The Labute approximate surface area is 150 Å². The van der Waals surface area contributed by atoms with Crippen molar-refractivity contribution in [2.24, 2.45) is 0 Å². The molecule has 8 heteroatoms. The minimum absolute atomic E-state index is 0.140. The van der Waals surface area contributed by atoms with Crippen molar-refractivity contribution in [2.45, 2.75) is 39.7 Å². The number of nitrogens with zero attached hydrogens (tertiary/aromatic N) is 2. The number of aryl methyl sites for hydroxylation is 1. The maximum atomic E-state index is 12.2. The molecular weight excluding hydrogens is 344 g/mol. The highest BCUT2D eigenvalue weighted by atomic mass is 32.1. The summed E-state index contributed by atoms with van der Waals surface area (Å²) in [5.41, 5.74) is 0.502. The van der Waals surface area contributed by atoms with Gasteiger partial charge in [0.05, 0.1) is 6.10 Å². The van der Waals surface area contributed by atoms with Gasteiger partial charge in [-0.25, -0.2) is 0 Å². The first-order chi connectivity index (χ1) is 11.5. The second kappa shape index (κ2) is 8.70. The molecule has 1 heterocycles. The summed E-state index contributed by atoms with van der Waals surface area (Å²) < 4.78 is 5.69. The van der Waals surface area contributed by atoms with Gasteiger partial charge in [0.15, 0.2) is 5.11 Å². The number of hydrogen-bond donors (Lipinski definition) is 2. The van der Waals surface area contributed by atoms with E-state index in [9.17, 15) is 4.79 Å². The largest absolute Gasteiger partial charge is 0.491 e. The molecule has 24 heavy (non-hydrogen) atoms. The molecular formula is C16H20N4O2S2. The zero-order valence-electron chi connectivity index (χ0n) is 13.8. The summed E-state index contributed by atoms with van der Waals surface area (Å²) in [5.74, 6) is 0.449. The Hall–Kier alpha value is -2.06. The zero-order chi connectivity index (χ0) is 17.5. The molecule has 0 radical (unpaired) electrons. The van der Waals surface area contributed by atoms with Gasteiger partial charge in [0, 0.05) is 5.56 Å². The predicted octanol–water partition coefficient (Wildman–Crippen LogP) is 3.40. The average molecular weight is 364 g/mol. The molecule has 0 spiro atoms. The number of ether oxygens (including phenoxy) is 1. The molecule has 1 aromatic carbocycles. The third-order valence-electron chi connectivity index (χ3n) is 3.25. The quantitative estimate of drug-likeness (QED) is 0.765. The van der Waals surface area contributed by atoms with Gasteiger partial charge in [0.25, 0.3) is 5.91 Å². The van der Waals surface area contributed by atoms with E-state index in [0.717, 1.165) is 23.6 Å². The summed E-state index contributed by atoms with van der Waals surface area (Å²) in [7, 11) is 0. The SMILES string of the molecule is CCc1nnc(NC(=S)NC(=O)c2ccc(OC(C)CC)cc2)s1. The fraction of sp³-hybridized carbons (Fsp3) is 0.375. The number of nitrogens with one attached hydrogen (secondary N) is 2. The van der Waals surface area contributed by atoms with Crippen LogP contribution in [0, 0.1) is 0 Å². The summed E-state index contributed by atoms with van der Waals surface area (Å²) in [6.45, 7) is 6.06. The summed E-state index contributed by atoms with van der Waals surface area (Å²) in [4.78, 5) is 12.2. The normalized spacial score (nSPS) is 11.6. The van der Waals surface area contributed by atoms with Crippen molar-refractivity contribution in [3.63, 3.8) is 0 Å². The van der Waals surface area contributed by atoms with E-state index in [1.807, 2.05) is 13.8 Å². The molecule has 1 amide bonds. The van der Waals surface area contributed by atoms with Crippen LogP contribution in [0.1, 0.15) is 42.6 Å². The van der Waals surface area contributed by atoms with Crippen LogP contribution in [0.15, 0.2) is 24.3 Å². The highest BCUT2D eigenvalue weighted by Crippen LogP contribution is 2.16. The summed E-state index contributed by atoms with van der Waals surface area (Å²) in [6.07, 6.45) is 1.87. The molecule has 0 bridgehead atoms. The molecule has 0 saturated carbocycles. The van der Waals surface area contributed by atoms with Crippen LogP contribution in [0.3, 0.4) is 0 Å². The monoisotopic (exact) mass is 364 g/mol. The Morgan fingerprint density at radius 3 is 2.58 bits per heavy atom. The molecule has 128 valence electrons. The van der Waals surface area contributed by atoms with Crippen LogP contribution in [0.4, 0.5) is 5.13 Å². The number of amides is 1. The number of benzene rings is 1. The van der Waals surface area contributed by atoms with Crippen LogP contribution in [0.2, 0.25) is 0 Å². The molecule has 0 aliphatic rings. The van der Waals surface area contributed by atoms with Gasteiger partial charge in [-0.2, -0.15) is 0 Å².